The van der Waals surface area contributed by atoms with Crippen molar-refractivity contribution in [1.29, 1.82) is 0 Å². The molecule has 0 bridgehead atoms. The van der Waals surface area contributed by atoms with Crippen LogP contribution in [0, 0.1) is 6.92 Å². The highest BCUT2D eigenvalue weighted by Crippen LogP contribution is 2.33. The van der Waals surface area contributed by atoms with E-state index >= 15 is 0 Å². The molecule has 3 aromatic rings. The molecule has 168 valence electrons. The van der Waals surface area contributed by atoms with Gasteiger partial charge in [0.05, 0.1) is 19.8 Å². The fourth-order valence-corrected chi connectivity index (χ4v) is 3.55. The Kier molecular flexibility index (Phi) is 7.54. The number of aryl methyl sites for hydroxylation is 1. The molecule has 0 aliphatic heterocycles. The largest absolute Gasteiger partial charge is 0.507 e. The van der Waals surface area contributed by atoms with E-state index in [0.29, 0.717) is 30.0 Å². The van der Waals surface area contributed by atoms with Crippen molar-refractivity contribution in [3.05, 3.63) is 87.5 Å². The second-order valence-electron chi connectivity index (χ2n) is 7.42. The topological polar surface area (TPSA) is 98.0 Å². The van der Waals surface area contributed by atoms with Crippen molar-refractivity contribution in [1.82, 2.24) is 5.32 Å². The SMILES string of the molecule is COc1ccc(CCNC(=O)C[C@H](c2ccc(OC)cc2)c2c(O)cc(C)oc2=O)cc1. The van der Waals surface area contributed by atoms with Gasteiger partial charge in [-0.25, -0.2) is 4.79 Å². The smallest absolute Gasteiger partial charge is 0.343 e. The van der Waals surface area contributed by atoms with Crippen LogP contribution in [0.25, 0.3) is 0 Å². The Morgan fingerprint density at radius 3 is 2.19 bits per heavy atom. The van der Waals surface area contributed by atoms with Crippen molar-refractivity contribution in [2.75, 3.05) is 20.8 Å². The lowest BCUT2D eigenvalue weighted by Crippen LogP contribution is -2.28. The van der Waals surface area contributed by atoms with Gasteiger partial charge < -0.3 is 24.3 Å². The predicted octanol–water partition coefficient (Wildman–Crippen LogP) is 3.55. The highest BCUT2D eigenvalue weighted by atomic mass is 16.5. The van der Waals surface area contributed by atoms with E-state index in [0.717, 1.165) is 11.3 Å². The van der Waals surface area contributed by atoms with Crippen LogP contribution in [0.2, 0.25) is 0 Å². The first-order valence-corrected chi connectivity index (χ1v) is 10.3. The molecule has 0 radical (unpaired) electrons. The molecule has 0 unspecified atom stereocenters. The van der Waals surface area contributed by atoms with Crippen molar-refractivity contribution >= 4 is 5.91 Å². The van der Waals surface area contributed by atoms with Crippen LogP contribution in [-0.2, 0) is 11.2 Å². The molecule has 0 saturated carbocycles. The fourth-order valence-electron chi connectivity index (χ4n) is 3.55. The summed E-state index contributed by atoms with van der Waals surface area (Å²) in [5, 5.41) is 13.4. The van der Waals surface area contributed by atoms with E-state index in [4.69, 9.17) is 13.9 Å². The fraction of sp³-hybridized carbons (Fsp3) is 0.280. The van der Waals surface area contributed by atoms with Crippen LogP contribution >= 0.6 is 0 Å². The first kappa shape index (κ1) is 22.9. The third-order valence-corrected chi connectivity index (χ3v) is 5.24. The van der Waals surface area contributed by atoms with E-state index in [1.165, 1.54) is 6.07 Å². The monoisotopic (exact) mass is 437 g/mol. The molecule has 0 spiro atoms. The summed E-state index contributed by atoms with van der Waals surface area (Å²) < 4.78 is 15.5. The molecule has 0 aliphatic rings. The minimum Gasteiger partial charge on any atom is -0.507 e. The normalized spacial score (nSPS) is 11.6. The van der Waals surface area contributed by atoms with E-state index in [-0.39, 0.29) is 23.6 Å². The average Bonchev–Trinajstić information content (AvgIpc) is 2.78. The summed E-state index contributed by atoms with van der Waals surface area (Å²) in [5.74, 6) is 0.630. The number of benzene rings is 2. The van der Waals surface area contributed by atoms with Gasteiger partial charge in [0.15, 0.2) is 0 Å². The standard InChI is InChI=1S/C25H27NO6/c1-16-14-22(27)24(25(29)32-16)21(18-6-10-20(31-3)11-7-18)15-23(28)26-13-12-17-4-8-19(30-2)9-5-17/h4-11,14,21,27H,12-13,15H2,1-3H3,(H,26,28)/t21-/m1/s1. The summed E-state index contributed by atoms with van der Waals surface area (Å²) in [6, 6.07) is 16.1. The number of ether oxygens (including phenoxy) is 2. The highest BCUT2D eigenvalue weighted by Gasteiger charge is 2.25. The number of carbonyl (C=O) groups is 1. The van der Waals surface area contributed by atoms with Gasteiger partial charge in [0.2, 0.25) is 5.91 Å². The summed E-state index contributed by atoms with van der Waals surface area (Å²) >= 11 is 0. The molecule has 1 heterocycles. The lowest BCUT2D eigenvalue weighted by Gasteiger charge is -2.18. The molecule has 2 N–H and O–H groups in total. The van der Waals surface area contributed by atoms with Crippen molar-refractivity contribution in [2.24, 2.45) is 0 Å². The third kappa shape index (κ3) is 5.69. The second-order valence-corrected chi connectivity index (χ2v) is 7.42. The summed E-state index contributed by atoms with van der Waals surface area (Å²) in [7, 11) is 3.17. The zero-order valence-corrected chi connectivity index (χ0v) is 18.4. The van der Waals surface area contributed by atoms with Crippen molar-refractivity contribution in [2.45, 2.75) is 25.7 Å². The average molecular weight is 437 g/mol. The number of hydrogen-bond donors (Lipinski definition) is 2. The van der Waals surface area contributed by atoms with Crippen LogP contribution in [-0.4, -0.2) is 31.8 Å². The zero-order valence-electron chi connectivity index (χ0n) is 18.4. The van der Waals surface area contributed by atoms with E-state index < -0.39 is 11.5 Å². The molecule has 1 amide bonds. The highest BCUT2D eigenvalue weighted by molar-refractivity contribution is 5.77. The van der Waals surface area contributed by atoms with Crippen LogP contribution in [0.15, 0.2) is 63.8 Å². The number of amides is 1. The molecule has 1 atom stereocenters. The number of rotatable bonds is 9. The van der Waals surface area contributed by atoms with E-state index in [1.807, 2.05) is 24.3 Å². The maximum absolute atomic E-state index is 12.7. The Hall–Kier alpha value is -3.74. The first-order valence-electron chi connectivity index (χ1n) is 10.3. The number of aromatic hydroxyl groups is 1. The summed E-state index contributed by atoms with van der Waals surface area (Å²) in [4.78, 5) is 25.3. The molecule has 32 heavy (non-hydrogen) atoms. The molecular weight excluding hydrogens is 410 g/mol. The molecule has 3 rings (SSSR count). The van der Waals surface area contributed by atoms with Crippen LogP contribution in [0.5, 0.6) is 17.2 Å². The summed E-state index contributed by atoms with van der Waals surface area (Å²) in [5.41, 5.74) is 1.16. The van der Waals surface area contributed by atoms with Gasteiger partial charge in [0.25, 0.3) is 0 Å². The van der Waals surface area contributed by atoms with Gasteiger partial charge in [-0.05, 0) is 48.7 Å². The minimum absolute atomic E-state index is 0.0175. The van der Waals surface area contributed by atoms with Gasteiger partial charge >= 0.3 is 5.63 Å². The quantitative estimate of drug-likeness (QED) is 0.531. The molecule has 7 heteroatoms. The van der Waals surface area contributed by atoms with E-state index in [1.54, 1.807) is 45.4 Å². The van der Waals surface area contributed by atoms with Crippen molar-refractivity contribution in [3.63, 3.8) is 0 Å². The van der Waals surface area contributed by atoms with E-state index in [2.05, 4.69) is 5.32 Å². The van der Waals surface area contributed by atoms with Gasteiger partial charge in [-0.15, -0.1) is 0 Å². The lowest BCUT2D eigenvalue weighted by atomic mass is 9.88. The first-order chi connectivity index (χ1) is 15.4. The molecule has 0 saturated heterocycles. The molecule has 2 aromatic carbocycles. The number of carbonyl (C=O) groups excluding carboxylic acids is 1. The summed E-state index contributed by atoms with van der Waals surface area (Å²) in [6.07, 6.45) is 0.636. The molecule has 0 aliphatic carbocycles. The van der Waals surface area contributed by atoms with Crippen LogP contribution < -0.4 is 20.4 Å². The predicted molar refractivity (Wildman–Crippen MR) is 121 cm³/mol. The molecule has 7 nitrogen and oxygen atoms in total. The van der Waals surface area contributed by atoms with Gasteiger partial charge in [-0.3, -0.25) is 4.79 Å². The molecule has 0 fully saturated rings. The number of hydrogen-bond acceptors (Lipinski definition) is 6. The maximum Gasteiger partial charge on any atom is 0.343 e. The van der Waals surface area contributed by atoms with E-state index in [9.17, 15) is 14.7 Å². The van der Waals surface area contributed by atoms with Gasteiger partial charge in [-0.2, -0.15) is 0 Å². The third-order valence-electron chi connectivity index (χ3n) is 5.24. The summed E-state index contributed by atoms with van der Waals surface area (Å²) in [6.45, 7) is 2.02. The zero-order chi connectivity index (χ0) is 23.1. The Labute approximate surface area is 186 Å². The minimum atomic E-state index is -0.668. The van der Waals surface area contributed by atoms with Gasteiger partial charge in [0, 0.05) is 24.9 Å². The molecular formula is C25H27NO6. The Morgan fingerprint density at radius 1 is 1.03 bits per heavy atom. The molecule has 1 aromatic heterocycles. The van der Waals surface area contributed by atoms with Crippen molar-refractivity contribution < 1.29 is 23.8 Å². The Bertz CT molecular complexity index is 1100. The maximum atomic E-state index is 12.7. The van der Waals surface area contributed by atoms with Crippen LogP contribution in [0.1, 0.15) is 34.8 Å². The van der Waals surface area contributed by atoms with Gasteiger partial charge in [-0.1, -0.05) is 24.3 Å². The number of methoxy groups -OCH3 is 2. The number of nitrogens with one attached hydrogen (secondary N) is 1. The lowest BCUT2D eigenvalue weighted by molar-refractivity contribution is -0.121. The van der Waals surface area contributed by atoms with Crippen LogP contribution in [0.4, 0.5) is 0 Å². The van der Waals surface area contributed by atoms with Gasteiger partial charge in [0.1, 0.15) is 23.0 Å². The van der Waals surface area contributed by atoms with Crippen molar-refractivity contribution in [3.8, 4) is 17.2 Å². The Balaban J connectivity index is 1.76. The van der Waals surface area contributed by atoms with Crippen LogP contribution in [0.3, 0.4) is 0 Å². The Morgan fingerprint density at radius 2 is 1.62 bits per heavy atom. The second kappa shape index (κ2) is 10.5.